The molecule has 4 nitrogen and oxygen atoms in total. The summed E-state index contributed by atoms with van der Waals surface area (Å²) in [4.78, 5) is 10.7. The first-order valence-electron chi connectivity index (χ1n) is 3.01. The topological polar surface area (TPSA) is 62.1 Å². The van der Waals surface area contributed by atoms with Crippen molar-refractivity contribution in [2.75, 3.05) is 6.61 Å². The van der Waals surface area contributed by atoms with Crippen molar-refractivity contribution < 1.29 is 9.53 Å². The molecule has 0 fully saturated rings. The summed E-state index contributed by atoms with van der Waals surface area (Å²) in [6.45, 7) is 1.85. The number of carbonyl (C=O) groups excluding carboxylic acids is 1. The molecule has 6 heteroatoms. The lowest BCUT2D eigenvalue weighted by Crippen LogP contribution is -2.23. The normalized spacial score (nSPS) is 8.17. The second kappa shape index (κ2) is 5.70. The van der Waals surface area contributed by atoms with E-state index in [1.54, 1.807) is 13.0 Å². The molecule has 0 saturated heterocycles. The van der Waals surface area contributed by atoms with Crippen LogP contribution in [-0.2, 0) is 4.74 Å². The Hall–Kier alpha value is -0.920. The molecule has 1 N–H and O–H groups in total. The summed E-state index contributed by atoms with van der Waals surface area (Å²) in [5, 5.41) is 10.4. The first-order chi connectivity index (χ1) is 5.61. The van der Waals surface area contributed by atoms with Crippen molar-refractivity contribution in [3.05, 3.63) is 10.2 Å². The number of amides is 1. The molecule has 0 aromatic heterocycles. The summed E-state index contributed by atoms with van der Waals surface area (Å²) in [7, 11) is 0. The maximum Gasteiger partial charge on any atom is 0.412 e. The van der Waals surface area contributed by atoms with Crippen molar-refractivity contribution in [1.82, 2.24) is 5.32 Å². The van der Waals surface area contributed by atoms with Crippen LogP contribution in [-0.4, -0.2) is 12.7 Å². The highest BCUT2D eigenvalue weighted by Gasteiger charge is 2.06. The Bertz CT molecular complexity index is 240. The zero-order chi connectivity index (χ0) is 9.56. The van der Waals surface area contributed by atoms with Crippen LogP contribution >= 0.6 is 23.2 Å². The van der Waals surface area contributed by atoms with Gasteiger partial charge >= 0.3 is 6.09 Å². The summed E-state index contributed by atoms with van der Waals surface area (Å²) in [6.07, 6.45) is -0.757. The highest BCUT2D eigenvalue weighted by molar-refractivity contribution is 6.56. The van der Waals surface area contributed by atoms with Crippen LogP contribution in [0.4, 0.5) is 4.79 Å². The molecule has 0 saturated carbocycles. The van der Waals surface area contributed by atoms with Gasteiger partial charge in [-0.2, -0.15) is 5.26 Å². The first-order valence-corrected chi connectivity index (χ1v) is 3.76. The fourth-order valence-corrected chi connectivity index (χ4v) is 0.566. The van der Waals surface area contributed by atoms with Gasteiger partial charge in [0.05, 0.1) is 6.61 Å². The number of nitriles is 1. The van der Waals surface area contributed by atoms with Gasteiger partial charge in [0.15, 0.2) is 5.70 Å². The minimum atomic E-state index is -0.757. The number of nitrogens with one attached hydrogen (secondary N) is 1. The molecule has 66 valence electrons. The molecule has 12 heavy (non-hydrogen) atoms. The standard InChI is InChI=1S/C6H6Cl2N2O2/c1-2-12-6(11)10-4(3-9)5(7)8/h2H2,1H3,(H,10,11). The smallest absolute Gasteiger partial charge is 0.412 e. The van der Waals surface area contributed by atoms with Crippen LogP contribution in [0.5, 0.6) is 0 Å². The molecule has 0 rings (SSSR count). The molecule has 0 spiro atoms. The predicted molar refractivity (Wildman–Crippen MR) is 44.5 cm³/mol. The lowest BCUT2D eigenvalue weighted by Gasteiger charge is -2.02. The summed E-state index contributed by atoms with van der Waals surface area (Å²) >= 11 is 10.5. The fourth-order valence-electron chi connectivity index (χ4n) is 0.387. The van der Waals surface area contributed by atoms with E-state index in [9.17, 15) is 4.79 Å². The lowest BCUT2D eigenvalue weighted by molar-refractivity contribution is 0.155. The first kappa shape index (κ1) is 11.1. The Morgan fingerprint density at radius 3 is 2.58 bits per heavy atom. The van der Waals surface area contributed by atoms with Crippen LogP contribution in [0.2, 0.25) is 0 Å². The highest BCUT2D eigenvalue weighted by Crippen LogP contribution is 2.10. The number of ether oxygens (including phenoxy) is 1. The number of halogens is 2. The molecule has 0 aliphatic rings. The maximum atomic E-state index is 10.7. The van der Waals surface area contributed by atoms with Gasteiger partial charge in [-0.05, 0) is 6.92 Å². The van der Waals surface area contributed by atoms with Gasteiger partial charge in [0.2, 0.25) is 0 Å². The van der Waals surface area contributed by atoms with E-state index in [1.165, 1.54) is 0 Å². The number of allylic oxidation sites excluding steroid dienone is 1. The van der Waals surface area contributed by atoms with E-state index < -0.39 is 6.09 Å². The van der Waals surface area contributed by atoms with Gasteiger partial charge < -0.3 is 4.74 Å². The largest absolute Gasteiger partial charge is 0.450 e. The van der Waals surface area contributed by atoms with Crippen LogP contribution in [0.25, 0.3) is 0 Å². The minimum Gasteiger partial charge on any atom is -0.450 e. The van der Waals surface area contributed by atoms with Crippen LogP contribution < -0.4 is 5.32 Å². The lowest BCUT2D eigenvalue weighted by atomic mass is 10.5. The molecule has 0 aromatic rings. The van der Waals surface area contributed by atoms with Gasteiger partial charge in [-0.15, -0.1) is 0 Å². The average molecular weight is 209 g/mol. The number of hydrogen-bond donors (Lipinski definition) is 1. The quantitative estimate of drug-likeness (QED) is 0.706. The third-order valence-electron chi connectivity index (χ3n) is 0.803. The Morgan fingerprint density at radius 1 is 1.67 bits per heavy atom. The van der Waals surface area contributed by atoms with Gasteiger partial charge in [-0.1, -0.05) is 23.2 Å². The molecule has 0 bridgehead atoms. The van der Waals surface area contributed by atoms with Gasteiger partial charge in [-0.3, -0.25) is 5.32 Å². The molecule has 0 aliphatic carbocycles. The Morgan fingerprint density at radius 2 is 2.25 bits per heavy atom. The Kier molecular flexibility index (Phi) is 5.26. The van der Waals surface area contributed by atoms with Crippen molar-refractivity contribution in [3.8, 4) is 6.07 Å². The van der Waals surface area contributed by atoms with Gasteiger partial charge in [-0.25, -0.2) is 4.79 Å². The van der Waals surface area contributed by atoms with Gasteiger partial charge in [0.25, 0.3) is 0 Å². The van der Waals surface area contributed by atoms with Crippen LogP contribution in [0.15, 0.2) is 10.2 Å². The van der Waals surface area contributed by atoms with Crippen LogP contribution in [0.1, 0.15) is 6.92 Å². The zero-order valence-corrected chi connectivity index (χ0v) is 7.74. The van der Waals surface area contributed by atoms with Crippen molar-refractivity contribution in [2.45, 2.75) is 6.92 Å². The molecular formula is C6H6Cl2N2O2. The second-order valence-electron chi connectivity index (χ2n) is 1.59. The molecule has 0 aromatic carbocycles. The Labute approximate surface area is 79.7 Å². The van der Waals surface area contributed by atoms with E-state index in [1.807, 2.05) is 0 Å². The fraction of sp³-hybridized carbons (Fsp3) is 0.333. The molecule has 0 atom stereocenters. The SMILES string of the molecule is CCOC(=O)NC(C#N)=C(Cl)Cl. The summed E-state index contributed by atoms with van der Waals surface area (Å²) in [5.41, 5.74) is -0.225. The van der Waals surface area contributed by atoms with E-state index in [0.717, 1.165) is 0 Å². The molecule has 1 amide bonds. The zero-order valence-electron chi connectivity index (χ0n) is 6.23. The molecule has 0 aliphatic heterocycles. The van der Waals surface area contributed by atoms with Crippen molar-refractivity contribution in [3.63, 3.8) is 0 Å². The van der Waals surface area contributed by atoms with Crippen molar-refractivity contribution >= 4 is 29.3 Å². The van der Waals surface area contributed by atoms with E-state index >= 15 is 0 Å². The average Bonchev–Trinajstić information content (AvgIpc) is 2.00. The second-order valence-corrected chi connectivity index (χ2v) is 2.54. The van der Waals surface area contributed by atoms with Crippen molar-refractivity contribution in [1.29, 1.82) is 5.26 Å². The highest BCUT2D eigenvalue weighted by atomic mass is 35.5. The number of alkyl carbamates (subject to hydrolysis) is 1. The summed E-state index contributed by atoms with van der Waals surface area (Å²) < 4.78 is 4.17. The van der Waals surface area contributed by atoms with Gasteiger partial charge in [0, 0.05) is 0 Å². The van der Waals surface area contributed by atoms with Gasteiger partial charge in [0.1, 0.15) is 10.6 Å². The van der Waals surface area contributed by atoms with Crippen molar-refractivity contribution in [2.24, 2.45) is 0 Å². The molecule has 0 heterocycles. The van der Waals surface area contributed by atoms with E-state index in [0.29, 0.717) is 0 Å². The monoisotopic (exact) mass is 208 g/mol. The predicted octanol–water partition coefficient (Wildman–Crippen LogP) is 1.90. The Balaban J connectivity index is 4.17. The third-order valence-corrected chi connectivity index (χ3v) is 1.18. The number of rotatable bonds is 2. The number of carbonyl (C=O) groups is 1. The molecule has 0 radical (unpaired) electrons. The number of nitrogens with zero attached hydrogens (tertiary/aromatic N) is 1. The molecular weight excluding hydrogens is 203 g/mol. The van der Waals surface area contributed by atoms with Crippen LogP contribution in [0.3, 0.4) is 0 Å². The number of hydrogen-bond acceptors (Lipinski definition) is 3. The summed E-state index contributed by atoms with van der Waals surface area (Å²) in [6, 6.07) is 1.59. The van der Waals surface area contributed by atoms with E-state index in [-0.39, 0.29) is 16.8 Å². The molecule has 0 unspecified atom stereocenters. The minimum absolute atomic E-state index is 0.213. The van der Waals surface area contributed by atoms with E-state index in [2.05, 4.69) is 10.1 Å². The maximum absolute atomic E-state index is 10.7. The van der Waals surface area contributed by atoms with Crippen LogP contribution in [0, 0.1) is 11.3 Å². The van der Waals surface area contributed by atoms with E-state index in [4.69, 9.17) is 28.5 Å². The third kappa shape index (κ3) is 4.06. The summed E-state index contributed by atoms with van der Waals surface area (Å²) in [5.74, 6) is 0.